The van der Waals surface area contributed by atoms with Gasteiger partial charge in [-0.05, 0) is 5.56 Å². The second-order valence-corrected chi connectivity index (χ2v) is 3.51. The molecule has 0 atom stereocenters. The van der Waals surface area contributed by atoms with E-state index in [4.69, 9.17) is 4.42 Å². The first-order valence-electron chi connectivity index (χ1n) is 4.95. The van der Waals surface area contributed by atoms with E-state index in [1.54, 1.807) is 11.9 Å². The van der Waals surface area contributed by atoms with Crippen molar-refractivity contribution in [2.75, 3.05) is 7.05 Å². The molecule has 0 unspecified atom stereocenters. The average Bonchev–Trinajstić information content (AvgIpc) is 2.83. The molecule has 0 N–H and O–H groups in total. The van der Waals surface area contributed by atoms with Crippen molar-refractivity contribution >= 4 is 5.91 Å². The summed E-state index contributed by atoms with van der Waals surface area (Å²) < 4.78 is 4.95. The molecule has 1 aromatic heterocycles. The van der Waals surface area contributed by atoms with Gasteiger partial charge in [-0.15, -0.1) is 0 Å². The van der Waals surface area contributed by atoms with Crippen LogP contribution < -0.4 is 0 Å². The smallest absolute Gasteiger partial charge is 0.291 e. The highest BCUT2D eigenvalue weighted by Crippen LogP contribution is 2.07. The molecule has 0 radical (unpaired) electrons. The van der Waals surface area contributed by atoms with Crippen LogP contribution in [0.1, 0.15) is 16.1 Å². The molecule has 4 nitrogen and oxygen atoms in total. The maximum absolute atomic E-state index is 11.8. The molecular weight excluding hydrogens is 204 g/mol. The maximum Gasteiger partial charge on any atom is 0.291 e. The van der Waals surface area contributed by atoms with Crippen molar-refractivity contribution in [3.05, 3.63) is 54.2 Å². The van der Waals surface area contributed by atoms with Gasteiger partial charge in [0.05, 0.1) is 6.20 Å². The highest BCUT2D eigenvalue weighted by atomic mass is 16.3. The summed E-state index contributed by atoms with van der Waals surface area (Å²) in [5, 5.41) is 0. The topological polar surface area (TPSA) is 46.3 Å². The minimum atomic E-state index is -0.165. The lowest BCUT2D eigenvalue weighted by Gasteiger charge is -2.15. The molecule has 0 aliphatic carbocycles. The molecule has 4 heteroatoms. The van der Waals surface area contributed by atoms with Crippen LogP contribution in [0.15, 0.2) is 47.3 Å². The highest BCUT2D eigenvalue weighted by molar-refractivity contribution is 5.90. The van der Waals surface area contributed by atoms with E-state index in [9.17, 15) is 4.79 Å². The lowest BCUT2D eigenvalue weighted by Crippen LogP contribution is -2.25. The first-order chi connectivity index (χ1) is 7.77. The van der Waals surface area contributed by atoms with Crippen molar-refractivity contribution in [1.29, 1.82) is 0 Å². The van der Waals surface area contributed by atoms with E-state index in [2.05, 4.69) is 4.98 Å². The van der Waals surface area contributed by atoms with Crippen LogP contribution in [0.4, 0.5) is 0 Å². The van der Waals surface area contributed by atoms with Crippen molar-refractivity contribution in [1.82, 2.24) is 9.88 Å². The minimum Gasteiger partial charge on any atom is -0.438 e. The van der Waals surface area contributed by atoms with Gasteiger partial charge in [0.1, 0.15) is 0 Å². The van der Waals surface area contributed by atoms with E-state index < -0.39 is 0 Å². The maximum atomic E-state index is 11.8. The Morgan fingerprint density at radius 1 is 1.38 bits per heavy atom. The Bertz CT molecular complexity index is 451. The van der Waals surface area contributed by atoms with Crippen LogP contribution in [0.25, 0.3) is 0 Å². The van der Waals surface area contributed by atoms with Gasteiger partial charge in [-0.2, -0.15) is 0 Å². The van der Waals surface area contributed by atoms with E-state index in [-0.39, 0.29) is 11.7 Å². The summed E-state index contributed by atoms with van der Waals surface area (Å²) in [6, 6.07) is 9.79. The summed E-state index contributed by atoms with van der Waals surface area (Å²) in [5.41, 5.74) is 1.08. The number of carbonyl (C=O) groups excluding carboxylic acids is 1. The van der Waals surface area contributed by atoms with Gasteiger partial charge in [-0.25, -0.2) is 4.98 Å². The van der Waals surface area contributed by atoms with Gasteiger partial charge >= 0.3 is 0 Å². The third-order valence-corrected chi connectivity index (χ3v) is 2.25. The fraction of sp³-hybridized carbons (Fsp3) is 0.167. The minimum absolute atomic E-state index is 0.165. The third-order valence-electron chi connectivity index (χ3n) is 2.25. The molecule has 16 heavy (non-hydrogen) atoms. The zero-order valence-corrected chi connectivity index (χ0v) is 8.96. The lowest BCUT2D eigenvalue weighted by atomic mass is 10.2. The Hall–Kier alpha value is -2.10. The number of hydrogen-bond donors (Lipinski definition) is 0. The first-order valence-corrected chi connectivity index (χ1v) is 4.95. The molecule has 1 heterocycles. The number of hydrogen-bond acceptors (Lipinski definition) is 3. The zero-order chi connectivity index (χ0) is 11.4. The summed E-state index contributed by atoms with van der Waals surface area (Å²) in [7, 11) is 1.73. The lowest BCUT2D eigenvalue weighted by molar-refractivity contribution is 0.0753. The molecule has 82 valence electrons. The third kappa shape index (κ3) is 2.28. The number of aromatic nitrogens is 1. The molecule has 0 saturated carbocycles. The number of nitrogens with zero attached hydrogens (tertiary/aromatic N) is 2. The Balaban J connectivity index is 2.04. The summed E-state index contributed by atoms with van der Waals surface area (Å²) in [5.74, 6) is 0.0970. The van der Waals surface area contributed by atoms with E-state index in [0.717, 1.165) is 5.56 Å². The number of rotatable bonds is 3. The van der Waals surface area contributed by atoms with E-state index >= 15 is 0 Å². The molecule has 2 rings (SSSR count). The fourth-order valence-electron chi connectivity index (χ4n) is 1.44. The van der Waals surface area contributed by atoms with Gasteiger partial charge in [-0.3, -0.25) is 4.79 Å². The first kappa shape index (κ1) is 10.4. The Labute approximate surface area is 93.5 Å². The summed E-state index contributed by atoms with van der Waals surface area (Å²) >= 11 is 0. The van der Waals surface area contributed by atoms with Crippen molar-refractivity contribution in [3.63, 3.8) is 0 Å². The van der Waals surface area contributed by atoms with Gasteiger partial charge in [0.25, 0.3) is 5.91 Å². The van der Waals surface area contributed by atoms with Crippen LogP contribution in [-0.2, 0) is 6.54 Å². The molecule has 1 amide bonds. The number of carbonyl (C=O) groups is 1. The molecule has 2 aromatic rings. The van der Waals surface area contributed by atoms with Crippen molar-refractivity contribution in [3.8, 4) is 0 Å². The second-order valence-electron chi connectivity index (χ2n) is 3.51. The summed E-state index contributed by atoms with van der Waals surface area (Å²) in [4.78, 5) is 17.1. The molecule has 1 aromatic carbocycles. The van der Waals surface area contributed by atoms with Gasteiger partial charge in [0.2, 0.25) is 5.76 Å². The van der Waals surface area contributed by atoms with Crippen LogP contribution in [0.3, 0.4) is 0 Å². The van der Waals surface area contributed by atoms with Gasteiger partial charge in [-0.1, -0.05) is 30.3 Å². The van der Waals surface area contributed by atoms with Gasteiger partial charge in [0.15, 0.2) is 6.39 Å². The number of oxazole rings is 1. The molecule has 0 aliphatic rings. The fourth-order valence-corrected chi connectivity index (χ4v) is 1.44. The van der Waals surface area contributed by atoms with Crippen LogP contribution in [0.2, 0.25) is 0 Å². The van der Waals surface area contributed by atoms with Crippen molar-refractivity contribution in [2.45, 2.75) is 6.54 Å². The average molecular weight is 216 g/mol. The Morgan fingerprint density at radius 2 is 2.12 bits per heavy atom. The number of amides is 1. The largest absolute Gasteiger partial charge is 0.438 e. The SMILES string of the molecule is CN(Cc1ccccc1)C(=O)c1cnco1. The zero-order valence-electron chi connectivity index (χ0n) is 8.96. The van der Waals surface area contributed by atoms with Crippen LogP contribution in [0, 0.1) is 0 Å². The molecule has 0 aliphatic heterocycles. The molecule has 0 spiro atoms. The standard InChI is InChI=1S/C12H12N2O2/c1-14(8-10-5-3-2-4-6-10)12(15)11-7-13-9-16-11/h2-7,9H,8H2,1H3. The van der Waals surface area contributed by atoms with Gasteiger partial charge in [0, 0.05) is 13.6 Å². The summed E-state index contributed by atoms with van der Waals surface area (Å²) in [6.07, 6.45) is 2.67. The molecule has 0 fully saturated rings. The van der Waals surface area contributed by atoms with Crippen molar-refractivity contribution in [2.24, 2.45) is 0 Å². The predicted molar refractivity (Wildman–Crippen MR) is 58.7 cm³/mol. The highest BCUT2D eigenvalue weighted by Gasteiger charge is 2.14. The van der Waals surface area contributed by atoms with Crippen LogP contribution >= 0.6 is 0 Å². The normalized spacial score (nSPS) is 10.1. The van der Waals surface area contributed by atoms with Crippen molar-refractivity contribution < 1.29 is 9.21 Å². The monoisotopic (exact) mass is 216 g/mol. The Morgan fingerprint density at radius 3 is 2.75 bits per heavy atom. The van der Waals surface area contributed by atoms with Crippen LogP contribution in [-0.4, -0.2) is 22.8 Å². The van der Waals surface area contributed by atoms with E-state index in [0.29, 0.717) is 6.54 Å². The quantitative estimate of drug-likeness (QED) is 0.787. The molecular formula is C12H12N2O2. The predicted octanol–water partition coefficient (Wildman–Crippen LogP) is 1.95. The summed E-state index contributed by atoms with van der Waals surface area (Å²) in [6.45, 7) is 0.556. The molecule has 0 bridgehead atoms. The van der Waals surface area contributed by atoms with Crippen LogP contribution in [0.5, 0.6) is 0 Å². The van der Waals surface area contributed by atoms with E-state index in [1.165, 1.54) is 12.6 Å². The second kappa shape index (κ2) is 4.61. The van der Waals surface area contributed by atoms with Gasteiger partial charge < -0.3 is 9.32 Å². The van der Waals surface area contributed by atoms with E-state index in [1.807, 2.05) is 30.3 Å². The molecule has 0 saturated heterocycles. The number of benzene rings is 1. The Kier molecular flexibility index (Phi) is 3.00.